The van der Waals surface area contributed by atoms with Gasteiger partial charge in [0.25, 0.3) is 0 Å². The summed E-state index contributed by atoms with van der Waals surface area (Å²) in [4.78, 5) is 19.3. The number of nitrogens with one attached hydrogen (secondary N) is 1. The van der Waals surface area contributed by atoms with Gasteiger partial charge in [0.15, 0.2) is 0 Å². The van der Waals surface area contributed by atoms with Crippen LogP contribution in [0.5, 0.6) is 5.75 Å². The van der Waals surface area contributed by atoms with E-state index in [4.69, 9.17) is 4.74 Å². The normalized spacial score (nSPS) is 16.8. The summed E-state index contributed by atoms with van der Waals surface area (Å²) in [6.07, 6.45) is 2.59. The molecule has 2 aliphatic rings. The topological polar surface area (TPSA) is 48.1 Å². The zero-order valence-electron chi connectivity index (χ0n) is 17.1. The molecule has 1 N–H and O–H groups in total. The molecule has 2 amide bonds. The second-order valence-electron chi connectivity index (χ2n) is 7.66. The number of ether oxygens (including phenoxy) is 1. The number of hydrogen-bond acceptors (Lipinski definition) is 4. The van der Waals surface area contributed by atoms with Crippen LogP contribution in [-0.2, 0) is 6.54 Å². The highest BCUT2D eigenvalue weighted by Gasteiger charge is 2.21. The summed E-state index contributed by atoms with van der Waals surface area (Å²) >= 11 is 0. The fourth-order valence-electron chi connectivity index (χ4n) is 4.15. The molecule has 2 saturated heterocycles. The molecular formula is C23H30N4O2. The summed E-state index contributed by atoms with van der Waals surface area (Å²) in [6, 6.07) is 16.6. The monoisotopic (exact) mass is 394 g/mol. The number of urea groups is 1. The molecule has 0 aromatic heterocycles. The van der Waals surface area contributed by atoms with Crippen LogP contribution < -0.4 is 19.9 Å². The number of nitrogens with zero attached hydrogens (tertiary/aromatic N) is 3. The summed E-state index contributed by atoms with van der Waals surface area (Å²) in [5, 5.41) is 3.02. The van der Waals surface area contributed by atoms with Crippen LogP contribution in [0.15, 0.2) is 48.5 Å². The van der Waals surface area contributed by atoms with Crippen LogP contribution in [0, 0.1) is 0 Å². The Hall–Kier alpha value is -2.89. The van der Waals surface area contributed by atoms with Gasteiger partial charge in [-0.25, -0.2) is 4.79 Å². The van der Waals surface area contributed by atoms with Gasteiger partial charge in [-0.15, -0.1) is 0 Å². The lowest BCUT2D eigenvalue weighted by Gasteiger charge is -2.36. The molecule has 0 bridgehead atoms. The number of benzene rings is 2. The molecule has 0 atom stereocenters. The predicted molar refractivity (Wildman–Crippen MR) is 117 cm³/mol. The Labute approximate surface area is 173 Å². The first-order valence-electron chi connectivity index (χ1n) is 10.5. The maximum absolute atomic E-state index is 12.6. The molecule has 2 aromatic carbocycles. The van der Waals surface area contributed by atoms with E-state index in [0.717, 1.165) is 37.5 Å². The van der Waals surface area contributed by atoms with Gasteiger partial charge >= 0.3 is 6.03 Å². The lowest BCUT2D eigenvalue weighted by molar-refractivity contribution is 0.194. The van der Waals surface area contributed by atoms with Gasteiger partial charge in [-0.2, -0.15) is 0 Å². The van der Waals surface area contributed by atoms with E-state index in [0.29, 0.717) is 6.54 Å². The minimum absolute atomic E-state index is 0.0139. The zero-order chi connectivity index (χ0) is 20.1. The lowest BCUT2D eigenvalue weighted by atomic mass is 10.2. The predicted octanol–water partition coefficient (Wildman–Crippen LogP) is 3.33. The first kappa shape index (κ1) is 19.4. The molecular weight excluding hydrogens is 364 g/mol. The number of carbonyl (C=O) groups is 1. The average Bonchev–Trinajstić information content (AvgIpc) is 3.33. The van der Waals surface area contributed by atoms with Gasteiger partial charge in [0.05, 0.1) is 7.11 Å². The number of carbonyl (C=O) groups excluding carboxylic acids is 1. The van der Waals surface area contributed by atoms with Crippen LogP contribution in [0.25, 0.3) is 0 Å². The minimum atomic E-state index is -0.0139. The number of hydrogen-bond donors (Lipinski definition) is 1. The first-order chi connectivity index (χ1) is 14.2. The molecule has 0 radical (unpaired) electrons. The van der Waals surface area contributed by atoms with Gasteiger partial charge in [0, 0.05) is 62.8 Å². The standard InChI is InChI=1S/C23H30N4O2/c1-29-22-7-3-2-6-19(22)18-24-23(28)27-16-14-26(15-17-27)21-10-8-20(9-11-21)25-12-4-5-13-25/h2-3,6-11H,4-5,12-18H2,1H3,(H,24,28). The average molecular weight is 395 g/mol. The van der Waals surface area contributed by atoms with Gasteiger partial charge in [0.1, 0.15) is 5.75 Å². The molecule has 0 aliphatic carbocycles. The van der Waals surface area contributed by atoms with Crippen LogP contribution in [0.4, 0.5) is 16.2 Å². The van der Waals surface area contributed by atoms with E-state index < -0.39 is 0 Å². The third-order valence-electron chi connectivity index (χ3n) is 5.88. The van der Waals surface area contributed by atoms with E-state index in [1.165, 1.54) is 37.3 Å². The van der Waals surface area contributed by atoms with Gasteiger partial charge in [0.2, 0.25) is 0 Å². The number of piperazine rings is 1. The summed E-state index contributed by atoms with van der Waals surface area (Å²) in [5.41, 5.74) is 3.54. The number of amides is 2. The number of para-hydroxylation sites is 1. The summed E-state index contributed by atoms with van der Waals surface area (Å²) < 4.78 is 5.35. The maximum atomic E-state index is 12.6. The van der Waals surface area contributed by atoms with Crippen molar-refractivity contribution in [3.8, 4) is 5.75 Å². The van der Waals surface area contributed by atoms with Crippen molar-refractivity contribution in [2.45, 2.75) is 19.4 Å². The fraction of sp³-hybridized carbons (Fsp3) is 0.435. The van der Waals surface area contributed by atoms with Crippen molar-refractivity contribution in [2.24, 2.45) is 0 Å². The number of rotatable bonds is 5. The summed E-state index contributed by atoms with van der Waals surface area (Å²) in [5.74, 6) is 0.801. The van der Waals surface area contributed by atoms with Crippen molar-refractivity contribution in [3.05, 3.63) is 54.1 Å². The number of anilines is 2. The highest BCUT2D eigenvalue weighted by molar-refractivity contribution is 5.74. The highest BCUT2D eigenvalue weighted by atomic mass is 16.5. The Morgan fingerprint density at radius 1 is 0.862 bits per heavy atom. The molecule has 154 valence electrons. The van der Waals surface area contributed by atoms with E-state index in [1.54, 1.807) is 7.11 Å². The van der Waals surface area contributed by atoms with E-state index in [2.05, 4.69) is 39.4 Å². The highest BCUT2D eigenvalue weighted by Crippen LogP contribution is 2.24. The second-order valence-corrected chi connectivity index (χ2v) is 7.66. The lowest BCUT2D eigenvalue weighted by Crippen LogP contribution is -2.51. The third kappa shape index (κ3) is 4.58. The smallest absolute Gasteiger partial charge is 0.317 e. The zero-order valence-corrected chi connectivity index (χ0v) is 17.1. The van der Waals surface area contributed by atoms with Gasteiger partial charge in [-0.1, -0.05) is 18.2 Å². The molecule has 0 spiro atoms. The largest absolute Gasteiger partial charge is 0.496 e. The van der Waals surface area contributed by atoms with Crippen LogP contribution in [0.3, 0.4) is 0 Å². The molecule has 29 heavy (non-hydrogen) atoms. The van der Waals surface area contributed by atoms with Crippen molar-refractivity contribution in [1.82, 2.24) is 10.2 Å². The third-order valence-corrected chi connectivity index (χ3v) is 5.88. The molecule has 6 heteroatoms. The van der Waals surface area contributed by atoms with Crippen molar-refractivity contribution in [3.63, 3.8) is 0 Å². The Morgan fingerprint density at radius 2 is 1.45 bits per heavy atom. The van der Waals surface area contributed by atoms with Crippen molar-refractivity contribution >= 4 is 17.4 Å². The Bertz CT molecular complexity index is 810. The summed E-state index contributed by atoms with van der Waals surface area (Å²) in [7, 11) is 1.65. The molecule has 4 rings (SSSR count). The molecule has 0 saturated carbocycles. The van der Waals surface area contributed by atoms with E-state index in [1.807, 2.05) is 29.2 Å². The Morgan fingerprint density at radius 3 is 2.07 bits per heavy atom. The first-order valence-corrected chi connectivity index (χ1v) is 10.5. The van der Waals surface area contributed by atoms with Crippen LogP contribution in [0.2, 0.25) is 0 Å². The van der Waals surface area contributed by atoms with Gasteiger partial charge in [-0.05, 0) is 43.2 Å². The van der Waals surface area contributed by atoms with E-state index in [-0.39, 0.29) is 6.03 Å². The van der Waals surface area contributed by atoms with E-state index in [9.17, 15) is 4.79 Å². The van der Waals surface area contributed by atoms with Crippen molar-refractivity contribution < 1.29 is 9.53 Å². The second kappa shape index (κ2) is 9.07. The molecule has 2 aromatic rings. The quantitative estimate of drug-likeness (QED) is 0.845. The van der Waals surface area contributed by atoms with Crippen LogP contribution >= 0.6 is 0 Å². The van der Waals surface area contributed by atoms with Crippen molar-refractivity contribution in [1.29, 1.82) is 0 Å². The molecule has 2 aliphatic heterocycles. The van der Waals surface area contributed by atoms with Gasteiger partial charge < -0.3 is 24.8 Å². The molecule has 6 nitrogen and oxygen atoms in total. The number of methoxy groups -OCH3 is 1. The minimum Gasteiger partial charge on any atom is -0.496 e. The molecule has 2 fully saturated rings. The van der Waals surface area contributed by atoms with Crippen LogP contribution in [-0.4, -0.2) is 57.3 Å². The summed E-state index contributed by atoms with van der Waals surface area (Å²) in [6.45, 7) is 5.97. The van der Waals surface area contributed by atoms with E-state index >= 15 is 0 Å². The maximum Gasteiger partial charge on any atom is 0.317 e. The fourth-order valence-corrected chi connectivity index (χ4v) is 4.15. The van der Waals surface area contributed by atoms with Crippen LogP contribution in [0.1, 0.15) is 18.4 Å². The Kier molecular flexibility index (Phi) is 6.08. The Balaban J connectivity index is 1.27. The van der Waals surface area contributed by atoms with Crippen molar-refractivity contribution in [2.75, 3.05) is 56.2 Å². The SMILES string of the molecule is COc1ccccc1CNC(=O)N1CCN(c2ccc(N3CCCC3)cc2)CC1. The van der Waals surface area contributed by atoms with Gasteiger partial charge in [-0.3, -0.25) is 0 Å². The molecule has 2 heterocycles. The molecule has 0 unspecified atom stereocenters.